The molecule has 0 atom stereocenters. The molecule has 9 heteroatoms. The molecule has 0 saturated carbocycles. The van der Waals surface area contributed by atoms with Gasteiger partial charge in [-0.05, 0) is 63.8 Å². The summed E-state index contributed by atoms with van der Waals surface area (Å²) < 4.78 is 24.7. The lowest BCUT2D eigenvalue weighted by atomic mass is 10.2. The molecular weight excluding hydrogens is 442 g/mol. The number of aromatic nitrogens is 1. The van der Waals surface area contributed by atoms with Gasteiger partial charge >= 0.3 is 0 Å². The zero-order chi connectivity index (χ0) is 22.1. The maximum atomic E-state index is 13.4. The van der Waals surface area contributed by atoms with E-state index >= 15 is 0 Å². The molecule has 0 aliphatic carbocycles. The van der Waals surface area contributed by atoms with Gasteiger partial charge in [-0.25, -0.2) is 13.4 Å². The summed E-state index contributed by atoms with van der Waals surface area (Å²) >= 11 is 7.72. The van der Waals surface area contributed by atoms with Crippen LogP contribution in [-0.4, -0.2) is 57.6 Å². The number of fused-ring (bicyclic) bond motifs is 1. The first-order chi connectivity index (χ1) is 14.1. The third-order valence-electron chi connectivity index (χ3n) is 4.66. The van der Waals surface area contributed by atoms with Crippen molar-refractivity contribution in [3.63, 3.8) is 0 Å². The van der Waals surface area contributed by atoms with Crippen LogP contribution >= 0.6 is 22.9 Å². The number of sulfone groups is 1. The Morgan fingerprint density at radius 3 is 2.53 bits per heavy atom. The highest BCUT2D eigenvalue weighted by atomic mass is 35.5. The number of benzene rings is 2. The van der Waals surface area contributed by atoms with Crippen molar-refractivity contribution in [2.24, 2.45) is 0 Å². The van der Waals surface area contributed by atoms with Gasteiger partial charge in [-0.1, -0.05) is 35.1 Å². The Morgan fingerprint density at radius 2 is 1.90 bits per heavy atom. The number of aryl methyl sites for hydroxylation is 1. The summed E-state index contributed by atoms with van der Waals surface area (Å²) in [6.45, 7) is 3.21. The molecular formula is C21H24ClN3O3S2. The van der Waals surface area contributed by atoms with Crippen molar-refractivity contribution in [2.45, 2.75) is 18.2 Å². The predicted molar refractivity (Wildman–Crippen MR) is 124 cm³/mol. The first kappa shape index (κ1) is 22.7. The van der Waals surface area contributed by atoms with Gasteiger partial charge in [0.25, 0.3) is 5.91 Å². The summed E-state index contributed by atoms with van der Waals surface area (Å²) in [4.78, 5) is 21.9. The van der Waals surface area contributed by atoms with Crippen LogP contribution in [0, 0.1) is 6.92 Å². The molecule has 0 aliphatic heterocycles. The molecule has 1 aromatic heterocycles. The fourth-order valence-corrected chi connectivity index (χ4v) is 5.06. The van der Waals surface area contributed by atoms with Crippen molar-refractivity contribution in [1.29, 1.82) is 0 Å². The molecule has 0 N–H and O–H groups in total. The van der Waals surface area contributed by atoms with E-state index < -0.39 is 9.84 Å². The monoisotopic (exact) mass is 465 g/mol. The number of hydrogen-bond acceptors (Lipinski definition) is 6. The van der Waals surface area contributed by atoms with Crippen LogP contribution in [0.15, 0.2) is 41.3 Å². The van der Waals surface area contributed by atoms with Crippen LogP contribution in [0.3, 0.4) is 0 Å². The van der Waals surface area contributed by atoms with Crippen LogP contribution in [0.5, 0.6) is 0 Å². The van der Waals surface area contributed by atoms with Crippen molar-refractivity contribution in [3.05, 3.63) is 52.5 Å². The highest BCUT2D eigenvalue weighted by molar-refractivity contribution is 7.90. The molecule has 0 unspecified atom stereocenters. The molecule has 1 heterocycles. The van der Waals surface area contributed by atoms with Crippen molar-refractivity contribution in [1.82, 2.24) is 9.88 Å². The molecule has 30 heavy (non-hydrogen) atoms. The first-order valence-corrected chi connectivity index (χ1v) is 12.5. The second kappa shape index (κ2) is 9.01. The predicted octanol–water partition coefficient (Wildman–Crippen LogP) is 4.26. The number of thiazole rings is 1. The van der Waals surface area contributed by atoms with Crippen molar-refractivity contribution >= 4 is 54.0 Å². The van der Waals surface area contributed by atoms with E-state index in [1.54, 1.807) is 17.0 Å². The first-order valence-electron chi connectivity index (χ1n) is 9.40. The van der Waals surface area contributed by atoms with Gasteiger partial charge in [-0.2, -0.15) is 0 Å². The van der Waals surface area contributed by atoms with Crippen molar-refractivity contribution in [3.8, 4) is 0 Å². The number of anilines is 1. The highest BCUT2D eigenvalue weighted by Gasteiger charge is 2.23. The lowest BCUT2D eigenvalue weighted by molar-refractivity contribution is 0.0986. The van der Waals surface area contributed by atoms with Crippen molar-refractivity contribution < 1.29 is 13.2 Å². The van der Waals surface area contributed by atoms with Crippen LogP contribution in [0.1, 0.15) is 22.3 Å². The number of carbonyl (C=O) groups is 1. The second-order valence-electron chi connectivity index (χ2n) is 7.45. The smallest absolute Gasteiger partial charge is 0.260 e. The maximum absolute atomic E-state index is 13.4. The van der Waals surface area contributed by atoms with Gasteiger partial charge in [-0.3, -0.25) is 9.69 Å². The molecule has 0 spiro atoms. The van der Waals surface area contributed by atoms with Crippen LogP contribution in [-0.2, 0) is 9.84 Å². The van der Waals surface area contributed by atoms with Gasteiger partial charge in [0.2, 0.25) is 0 Å². The third-order valence-corrected chi connectivity index (χ3v) is 7.31. The van der Waals surface area contributed by atoms with Crippen LogP contribution < -0.4 is 4.90 Å². The van der Waals surface area contributed by atoms with Gasteiger partial charge in [0.1, 0.15) is 0 Å². The van der Waals surface area contributed by atoms with E-state index in [0.717, 1.165) is 35.0 Å². The minimum Gasteiger partial charge on any atom is -0.309 e. The Hall–Kier alpha value is -2.00. The van der Waals surface area contributed by atoms with Gasteiger partial charge < -0.3 is 4.90 Å². The molecule has 0 aliphatic rings. The zero-order valence-electron chi connectivity index (χ0n) is 17.3. The quantitative estimate of drug-likeness (QED) is 0.521. The third kappa shape index (κ3) is 5.00. The van der Waals surface area contributed by atoms with Gasteiger partial charge in [0.05, 0.1) is 20.1 Å². The Kier molecular flexibility index (Phi) is 6.81. The van der Waals surface area contributed by atoms with Crippen molar-refractivity contribution in [2.75, 3.05) is 38.3 Å². The molecule has 160 valence electrons. The standard InChI is InChI=1S/C21H24ClN3O3S2/c1-14-9-10-17(22)19-18(14)23-21(29-19)25(12-6-11-24(2)3)20(26)15-7-5-8-16(13-15)30(4,27)28/h5,7-10,13H,6,11-12H2,1-4H3. The molecule has 0 radical (unpaired) electrons. The van der Waals surface area contributed by atoms with E-state index in [1.165, 1.54) is 23.5 Å². The lowest BCUT2D eigenvalue weighted by Gasteiger charge is -2.21. The van der Waals surface area contributed by atoms with E-state index in [2.05, 4.69) is 0 Å². The largest absolute Gasteiger partial charge is 0.309 e. The minimum absolute atomic E-state index is 0.116. The minimum atomic E-state index is -3.42. The average Bonchev–Trinajstić information content (AvgIpc) is 3.13. The molecule has 6 nitrogen and oxygen atoms in total. The van der Waals surface area contributed by atoms with E-state index in [4.69, 9.17) is 16.6 Å². The molecule has 1 amide bonds. The van der Waals surface area contributed by atoms with E-state index in [1.807, 2.05) is 38.1 Å². The molecule has 2 aromatic carbocycles. The van der Waals surface area contributed by atoms with E-state index in [0.29, 0.717) is 22.3 Å². The SMILES string of the molecule is Cc1ccc(Cl)c2sc(N(CCCN(C)C)C(=O)c3cccc(S(C)(=O)=O)c3)nc12. The van der Waals surface area contributed by atoms with E-state index in [9.17, 15) is 13.2 Å². The topological polar surface area (TPSA) is 70.6 Å². The number of rotatable bonds is 7. The molecule has 0 fully saturated rings. The summed E-state index contributed by atoms with van der Waals surface area (Å²) in [5.74, 6) is -0.285. The van der Waals surface area contributed by atoms with E-state index in [-0.39, 0.29) is 10.8 Å². The zero-order valence-corrected chi connectivity index (χ0v) is 19.7. The number of halogens is 1. The Balaban J connectivity index is 2.04. The second-order valence-corrected chi connectivity index (χ2v) is 10.9. The van der Waals surface area contributed by atoms with Crippen LogP contribution in [0.2, 0.25) is 5.02 Å². The normalized spacial score (nSPS) is 11.9. The summed E-state index contributed by atoms with van der Waals surface area (Å²) in [6.07, 6.45) is 1.87. The Labute approximate surface area is 186 Å². The summed E-state index contributed by atoms with van der Waals surface area (Å²) in [5.41, 5.74) is 2.07. The highest BCUT2D eigenvalue weighted by Crippen LogP contribution is 2.36. The van der Waals surface area contributed by atoms with Gasteiger partial charge in [-0.15, -0.1) is 0 Å². The summed E-state index contributed by atoms with van der Waals surface area (Å²) in [7, 11) is 0.533. The summed E-state index contributed by atoms with van der Waals surface area (Å²) in [5, 5.41) is 1.15. The molecule has 0 saturated heterocycles. The Morgan fingerprint density at radius 1 is 1.17 bits per heavy atom. The Bertz CT molecular complexity index is 1150. The number of carbonyl (C=O) groups excluding carboxylic acids is 1. The fourth-order valence-electron chi connectivity index (χ4n) is 3.05. The van der Waals surface area contributed by atoms with Crippen LogP contribution in [0.4, 0.5) is 5.13 Å². The maximum Gasteiger partial charge on any atom is 0.260 e. The average molecular weight is 466 g/mol. The molecule has 0 bridgehead atoms. The molecule has 3 aromatic rings. The number of nitrogens with zero attached hydrogens (tertiary/aromatic N) is 3. The number of amides is 1. The number of hydrogen-bond donors (Lipinski definition) is 0. The molecule has 3 rings (SSSR count). The van der Waals surface area contributed by atoms with Gasteiger partial charge in [0, 0.05) is 18.4 Å². The lowest BCUT2D eigenvalue weighted by Crippen LogP contribution is -2.33. The van der Waals surface area contributed by atoms with Crippen LogP contribution in [0.25, 0.3) is 10.2 Å². The van der Waals surface area contributed by atoms with Gasteiger partial charge in [0.15, 0.2) is 15.0 Å². The summed E-state index contributed by atoms with van der Waals surface area (Å²) in [6, 6.07) is 9.85. The fraction of sp³-hybridized carbons (Fsp3) is 0.333.